The van der Waals surface area contributed by atoms with Crippen molar-refractivity contribution in [2.45, 2.75) is 25.3 Å². The van der Waals surface area contributed by atoms with Crippen LogP contribution in [-0.4, -0.2) is 58.8 Å². The molecule has 1 unspecified atom stereocenters. The van der Waals surface area contributed by atoms with Gasteiger partial charge in [0.05, 0.1) is 0 Å². The van der Waals surface area contributed by atoms with Crippen LogP contribution in [0.25, 0.3) is 0 Å². The quantitative estimate of drug-likeness (QED) is 0.779. The summed E-state index contributed by atoms with van der Waals surface area (Å²) < 4.78 is 0. The first-order valence-electron chi connectivity index (χ1n) is 8.20. The lowest BCUT2D eigenvalue weighted by Crippen LogP contribution is -2.48. The third-order valence-corrected chi connectivity index (χ3v) is 5.93. The molecule has 7 heteroatoms. The number of thioether (sulfide) groups is 1. The van der Waals surface area contributed by atoms with Gasteiger partial charge in [-0.15, -0.1) is 0 Å². The van der Waals surface area contributed by atoms with E-state index in [4.69, 9.17) is 23.2 Å². The molecule has 2 amide bonds. The van der Waals surface area contributed by atoms with Gasteiger partial charge in [0.1, 0.15) is 6.04 Å². The average Bonchev–Trinajstić information content (AvgIpc) is 2.87. The molecule has 3 rings (SSSR count). The van der Waals surface area contributed by atoms with Crippen LogP contribution in [0, 0.1) is 0 Å². The summed E-state index contributed by atoms with van der Waals surface area (Å²) in [6.45, 7) is 2.15. The number of hydrogen-bond donors (Lipinski definition) is 0. The Kier molecular flexibility index (Phi) is 5.95. The van der Waals surface area contributed by atoms with Crippen molar-refractivity contribution in [1.29, 1.82) is 0 Å². The van der Waals surface area contributed by atoms with Crippen molar-refractivity contribution in [3.63, 3.8) is 0 Å². The zero-order valence-electron chi connectivity index (χ0n) is 13.3. The zero-order valence-corrected chi connectivity index (χ0v) is 15.7. The van der Waals surface area contributed by atoms with E-state index in [0.717, 1.165) is 43.9 Å². The topological polar surface area (TPSA) is 40.6 Å². The monoisotopic (exact) mass is 386 g/mol. The van der Waals surface area contributed by atoms with E-state index in [9.17, 15) is 9.59 Å². The third kappa shape index (κ3) is 4.01. The van der Waals surface area contributed by atoms with Crippen LogP contribution in [0.5, 0.6) is 0 Å². The van der Waals surface area contributed by atoms with Crippen LogP contribution < -0.4 is 0 Å². The van der Waals surface area contributed by atoms with Crippen molar-refractivity contribution in [3.8, 4) is 0 Å². The molecule has 2 aliphatic rings. The Labute approximate surface area is 156 Å². The van der Waals surface area contributed by atoms with Gasteiger partial charge in [0.2, 0.25) is 5.91 Å². The van der Waals surface area contributed by atoms with Crippen molar-refractivity contribution < 1.29 is 9.59 Å². The van der Waals surface area contributed by atoms with E-state index in [2.05, 4.69) is 0 Å². The molecule has 24 heavy (non-hydrogen) atoms. The summed E-state index contributed by atoms with van der Waals surface area (Å²) in [7, 11) is 0. The van der Waals surface area contributed by atoms with Gasteiger partial charge in [-0.1, -0.05) is 23.2 Å². The van der Waals surface area contributed by atoms with Crippen LogP contribution in [0.3, 0.4) is 0 Å². The lowest BCUT2D eigenvalue weighted by Gasteiger charge is -2.29. The predicted molar refractivity (Wildman–Crippen MR) is 99.0 cm³/mol. The second kappa shape index (κ2) is 7.98. The van der Waals surface area contributed by atoms with Crippen LogP contribution >= 0.6 is 35.0 Å². The van der Waals surface area contributed by atoms with Gasteiger partial charge >= 0.3 is 0 Å². The highest BCUT2D eigenvalue weighted by molar-refractivity contribution is 7.99. The molecule has 2 heterocycles. The first-order chi connectivity index (χ1) is 11.6. The van der Waals surface area contributed by atoms with Gasteiger partial charge in [-0.2, -0.15) is 11.8 Å². The van der Waals surface area contributed by atoms with Crippen LogP contribution in [0.4, 0.5) is 0 Å². The number of benzene rings is 1. The predicted octanol–water partition coefficient (Wildman–Crippen LogP) is 3.56. The molecule has 1 atom stereocenters. The van der Waals surface area contributed by atoms with E-state index in [1.807, 2.05) is 16.7 Å². The van der Waals surface area contributed by atoms with Gasteiger partial charge in [0.15, 0.2) is 0 Å². The summed E-state index contributed by atoms with van der Waals surface area (Å²) in [5.41, 5.74) is 0.443. The fraction of sp³-hybridized carbons (Fsp3) is 0.529. The first kappa shape index (κ1) is 17.9. The van der Waals surface area contributed by atoms with E-state index in [1.54, 1.807) is 23.1 Å². The van der Waals surface area contributed by atoms with Crippen molar-refractivity contribution in [2.24, 2.45) is 0 Å². The van der Waals surface area contributed by atoms with Crippen molar-refractivity contribution in [3.05, 3.63) is 33.8 Å². The highest BCUT2D eigenvalue weighted by atomic mass is 35.5. The first-order valence-corrected chi connectivity index (χ1v) is 10.1. The smallest absolute Gasteiger partial charge is 0.254 e. The molecular weight excluding hydrogens is 367 g/mol. The maximum Gasteiger partial charge on any atom is 0.254 e. The van der Waals surface area contributed by atoms with Crippen molar-refractivity contribution in [1.82, 2.24) is 9.80 Å². The number of halogens is 2. The molecule has 0 N–H and O–H groups in total. The number of hydrogen-bond acceptors (Lipinski definition) is 3. The average molecular weight is 387 g/mol. The number of nitrogens with zero attached hydrogens (tertiary/aromatic N) is 2. The van der Waals surface area contributed by atoms with E-state index >= 15 is 0 Å². The molecule has 1 aromatic carbocycles. The standard InChI is InChI=1S/C17H20Cl2N2O2S/c18-13-9-12(10-14(19)11-13)16(22)21-5-1-3-15(21)17(23)20-4-2-7-24-8-6-20/h9-11,15H,1-8H2. The molecule has 0 radical (unpaired) electrons. The Morgan fingerprint density at radius 3 is 2.50 bits per heavy atom. The fourth-order valence-corrected chi connectivity index (χ4v) is 4.70. The van der Waals surface area contributed by atoms with Crippen LogP contribution in [0.1, 0.15) is 29.6 Å². The molecule has 0 spiro atoms. The van der Waals surface area contributed by atoms with Gasteiger partial charge in [0.25, 0.3) is 5.91 Å². The van der Waals surface area contributed by atoms with Gasteiger partial charge in [0, 0.05) is 41.0 Å². The minimum atomic E-state index is -0.363. The lowest BCUT2D eigenvalue weighted by atomic mass is 10.1. The number of rotatable bonds is 2. The zero-order chi connectivity index (χ0) is 17.1. The fourth-order valence-electron chi connectivity index (χ4n) is 3.29. The second-order valence-corrected chi connectivity index (χ2v) is 8.20. The van der Waals surface area contributed by atoms with Gasteiger partial charge in [-0.25, -0.2) is 0 Å². The Hall–Kier alpha value is -0.910. The molecule has 0 saturated carbocycles. The van der Waals surface area contributed by atoms with Gasteiger partial charge < -0.3 is 9.80 Å². The van der Waals surface area contributed by atoms with Crippen LogP contribution in [0.2, 0.25) is 10.0 Å². The highest BCUT2D eigenvalue weighted by Gasteiger charge is 2.37. The molecule has 0 aliphatic carbocycles. The molecule has 0 aromatic heterocycles. The molecule has 2 aliphatic heterocycles. The van der Waals surface area contributed by atoms with E-state index < -0.39 is 0 Å². The molecule has 2 fully saturated rings. The van der Waals surface area contributed by atoms with Gasteiger partial charge in [-0.3, -0.25) is 9.59 Å². The summed E-state index contributed by atoms with van der Waals surface area (Å²) in [6, 6.07) is 4.45. The third-order valence-electron chi connectivity index (χ3n) is 4.44. The number of amides is 2. The minimum absolute atomic E-state index is 0.0801. The normalized spacial score (nSPS) is 21.7. The summed E-state index contributed by atoms with van der Waals surface area (Å²) in [6.07, 6.45) is 2.59. The largest absolute Gasteiger partial charge is 0.340 e. The van der Waals surface area contributed by atoms with E-state index in [1.165, 1.54) is 0 Å². The Bertz CT molecular complexity index is 613. The van der Waals surface area contributed by atoms with Crippen molar-refractivity contribution in [2.75, 3.05) is 31.1 Å². The number of carbonyl (C=O) groups is 2. The summed E-state index contributed by atoms with van der Waals surface area (Å²) in [5, 5.41) is 0.856. The number of carbonyl (C=O) groups excluding carboxylic acids is 2. The molecule has 4 nitrogen and oxygen atoms in total. The molecule has 1 aromatic rings. The number of likely N-dealkylation sites (tertiary alicyclic amines) is 1. The summed E-state index contributed by atoms with van der Waals surface area (Å²) in [4.78, 5) is 29.4. The molecular formula is C17H20Cl2N2O2S. The second-order valence-electron chi connectivity index (χ2n) is 6.11. The van der Waals surface area contributed by atoms with Crippen LogP contribution in [-0.2, 0) is 4.79 Å². The molecule has 0 bridgehead atoms. The Balaban J connectivity index is 1.76. The van der Waals surface area contributed by atoms with Crippen LogP contribution in [0.15, 0.2) is 18.2 Å². The SMILES string of the molecule is O=C(C1CCCN1C(=O)c1cc(Cl)cc(Cl)c1)N1CCCSCC1. The maximum atomic E-state index is 12.9. The van der Waals surface area contributed by atoms with E-state index in [-0.39, 0.29) is 17.9 Å². The summed E-state index contributed by atoms with van der Waals surface area (Å²) in [5.74, 6) is 1.98. The lowest BCUT2D eigenvalue weighted by molar-refractivity contribution is -0.135. The molecule has 2 saturated heterocycles. The van der Waals surface area contributed by atoms with E-state index in [0.29, 0.717) is 22.2 Å². The van der Waals surface area contributed by atoms with Crippen molar-refractivity contribution >= 4 is 46.8 Å². The Morgan fingerprint density at radius 1 is 1.00 bits per heavy atom. The highest BCUT2D eigenvalue weighted by Crippen LogP contribution is 2.26. The summed E-state index contributed by atoms with van der Waals surface area (Å²) >= 11 is 13.9. The molecule has 130 valence electrons. The minimum Gasteiger partial charge on any atom is -0.340 e. The maximum absolute atomic E-state index is 12.9. The Morgan fingerprint density at radius 2 is 1.75 bits per heavy atom. The van der Waals surface area contributed by atoms with Gasteiger partial charge in [-0.05, 0) is 43.2 Å².